The summed E-state index contributed by atoms with van der Waals surface area (Å²) in [6.45, 7) is 13.7. The first-order chi connectivity index (χ1) is 10.8. The third-order valence-corrected chi connectivity index (χ3v) is 3.93. The van der Waals surface area contributed by atoms with Crippen molar-refractivity contribution in [3.05, 3.63) is 29.2 Å². The van der Waals surface area contributed by atoms with E-state index in [1.54, 1.807) is 0 Å². The van der Waals surface area contributed by atoms with Crippen molar-refractivity contribution in [2.45, 2.75) is 47.1 Å². The number of aryl methyl sites for hydroxylation is 2. The minimum Gasteiger partial charge on any atom is -0.314 e. The third-order valence-electron chi connectivity index (χ3n) is 3.93. The SMILES string of the molecule is CC.CCCc1cc(CN2CCNCC2)cc2nnc(C)n12. The van der Waals surface area contributed by atoms with Crippen molar-refractivity contribution in [1.29, 1.82) is 0 Å². The lowest BCUT2D eigenvalue weighted by atomic mass is 10.1. The van der Waals surface area contributed by atoms with Gasteiger partial charge in [0, 0.05) is 38.4 Å². The van der Waals surface area contributed by atoms with Crippen molar-refractivity contribution >= 4 is 5.65 Å². The van der Waals surface area contributed by atoms with Crippen molar-refractivity contribution in [3.63, 3.8) is 0 Å². The van der Waals surface area contributed by atoms with Gasteiger partial charge in [-0.05, 0) is 31.0 Å². The van der Waals surface area contributed by atoms with E-state index < -0.39 is 0 Å². The van der Waals surface area contributed by atoms with Crippen LogP contribution in [-0.2, 0) is 13.0 Å². The molecule has 1 fully saturated rings. The van der Waals surface area contributed by atoms with E-state index in [4.69, 9.17) is 0 Å². The molecule has 1 N–H and O–H groups in total. The molecule has 2 aromatic heterocycles. The highest BCUT2D eigenvalue weighted by Crippen LogP contribution is 2.16. The molecule has 0 aromatic carbocycles. The Morgan fingerprint density at radius 1 is 1.14 bits per heavy atom. The molecule has 0 radical (unpaired) electrons. The molecule has 1 saturated heterocycles. The predicted octanol–water partition coefficient (Wildman–Crippen LogP) is 2.42. The molecule has 3 heterocycles. The third kappa shape index (κ3) is 3.84. The van der Waals surface area contributed by atoms with E-state index in [0.717, 1.165) is 57.0 Å². The number of piperazine rings is 1. The summed E-state index contributed by atoms with van der Waals surface area (Å²) in [5.41, 5.74) is 3.67. The lowest BCUT2D eigenvalue weighted by Crippen LogP contribution is -2.42. The number of nitrogens with zero attached hydrogens (tertiary/aromatic N) is 4. The summed E-state index contributed by atoms with van der Waals surface area (Å²) < 4.78 is 2.19. The van der Waals surface area contributed by atoms with Gasteiger partial charge in [-0.2, -0.15) is 0 Å². The van der Waals surface area contributed by atoms with Crippen LogP contribution >= 0.6 is 0 Å². The second-order valence-corrected chi connectivity index (χ2v) is 5.57. The van der Waals surface area contributed by atoms with Gasteiger partial charge < -0.3 is 5.32 Å². The average Bonchev–Trinajstić information content (AvgIpc) is 2.92. The predicted molar refractivity (Wildman–Crippen MR) is 91.2 cm³/mol. The van der Waals surface area contributed by atoms with E-state index in [1.165, 1.54) is 11.3 Å². The first kappa shape index (κ1) is 16.9. The Balaban J connectivity index is 0.000000847. The second kappa shape index (κ2) is 8.25. The Hall–Kier alpha value is -1.46. The van der Waals surface area contributed by atoms with Crippen molar-refractivity contribution in [2.24, 2.45) is 0 Å². The second-order valence-electron chi connectivity index (χ2n) is 5.57. The summed E-state index contributed by atoms with van der Waals surface area (Å²) in [5.74, 6) is 0.983. The molecule has 5 nitrogen and oxygen atoms in total. The molecule has 0 atom stereocenters. The van der Waals surface area contributed by atoms with Gasteiger partial charge in [0.05, 0.1) is 0 Å². The monoisotopic (exact) mass is 303 g/mol. The molecule has 1 aliphatic rings. The largest absolute Gasteiger partial charge is 0.314 e. The molecule has 0 amide bonds. The first-order valence-electron chi connectivity index (χ1n) is 8.54. The highest BCUT2D eigenvalue weighted by molar-refractivity contribution is 5.44. The van der Waals surface area contributed by atoms with Crippen LogP contribution in [0.1, 0.15) is 44.3 Å². The zero-order valence-corrected chi connectivity index (χ0v) is 14.4. The Morgan fingerprint density at radius 2 is 1.86 bits per heavy atom. The van der Waals surface area contributed by atoms with Gasteiger partial charge >= 0.3 is 0 Å². The Bertz CT molecular complexity index is 584. The summed E-state index contributed by atoms with van der Waals surface area (Å²) in [5, 5.41) is 11.9. The summed E-state index contributed by atoms with van der Waals surface area (Å²) in [6, 6.07) is 4.51. The van der Waals surface area contributed by atoms with Crippen molar-refractivity contribution in [3.8, 4) is 0 Å². The van der Waals surface area contributed by atoms with Crippen LogP contribution in [0, 0.1) is 6.92 Å². The van der Waals surface area contributed by atoms with Crippen molar-refractivity contribution in [1.82, 2.24) is 24.8 Å². The van der Waals surface area contributed by atoms with Gasteiger partial charge in [0.25, 0.3) is 0 Å². The van der Waals surface area contributed by atoms with Crippen LogP contribution in [0.5, 0.6) is 0 Å². The fourth-order valence-corrected chi connectivity index (χ4v) is 2.97. The van der Waals surface area contributed by atoms with Gasteiger partial charge in [-0.1, -0.05) is 27.2 Å². The van der Waals surface area contributed by atoms with Crippen LogP contribution in [-0.4, -0.2) is 45.7 Å². The summed E-state index contributed by atoms with van der Waals surface area (Å²) in [6.07, 6.45) is 2.22. The van der Waals surface area contributed by atoms with E-state index in [-0.39, 0.29) is 0 Å². The molecule has 0 unspecified atom stereocenters. The molecule has 122 valence electrons. The molecule has 22 heavy (non-hydrogen) atoms. The molecule has 5 heteroatoms. The molecule has 0 saturated carbocycles. The summed E-state index contributed by atoms with van der Waals surface area (Å²) in [7, 11) is 0. The number of pyridine rings is 1. The van der Waals surface area contributed by atoms with E-state index in [9.17, 15) is 0 Å². The van der Waals surface area contributed by atoms with Gasteiger partial charge in [-0.15, -0.1) is 10.2 Å². The van der Waals surface area contributed by atoms with Crippen molar-refractivity contribution in [2.75, 3.05) is 26.2 Å². The fourth-order valence-electron chi connectivity index (χ4n) is 2.97. The van der Waals surface area contributed by atoms with Crippen LogP contribution in [0.3, 0.4) is 0 Å². The number of fused-ring (bicyclic) bond motifs is 1. The lowest BCUT2D eigenvalue weighted by Gasteiger charge is -2.27. The lowest BCUT2D eigenvalue weighted by molar-refractivity contribution is 0.233. The number of hydrogen-bond donors (Lipinski definition) is 1. The van der Waals surface area contributed by atoms with E-state index in [2.05, 4.69) is 43.9 Å². The maximum absolute atomic E-state index is 4.30. The molecule has 1 aliphatic heterocycles. The highest BCUT2D eigenvalue weighted by atomic mass is 15.2. The minimum atomic E-state index is 0.983. The quantitative estimate of drug-likeness (QED) is 0.942. The van der Waals surface area contributed by atoms with Gasteiger partial charge in [0.1, 0.15) is 5.82 Å². The molecule has 2 aromatic rings. The Morgan fingerprint density at radius 3 is 2.55 bits per heavy atom. The first-order valence-corrected chi connectivity index (χ1v) is 8.54. The Kier molecular flexibility index (Phi) is 6.34. The van der Waals surface area contributed by atoms with Gasteiger partial charge in [-0.3, -0.25) is 9.30 Å². The molecule has 3 rings (SSSR count). The van der Waals surface area contributed by atoms with Crippen LogP contribution in [0.15, 0.2) is 12.1 Å². The van der Waals surface area contributed by atoms with Gasteiger partial charge in [0.15, 0.2) is 5.65 Å². The van der Waals surface area contributed by atoms with Crippen LogP contribution in [0.2, 0.25) is 0 Å². The standard InChI is InChI=1S/C15H23N5.C2H6/c1-3-4-14-9-13(11-19-7-5-16-6-8-19)10-15-18-17-12(2)20(14)15;1-2/h9-10,16H,3-8,11H2,1-2H3;1-2H3. The normalized spacial score (nSPS) is 15.6. The average molecular weight is 303 g/mol. The van der Waals surface area contributed by atoms with Crippen molar-refractivity contribution < 1.29 is 0 Å². The molecular formula is C17H29N5. The van der Waals surface area contributed by atoms with E-state index in [0.29, 0.717) is 0 Å². The summed E-state index contributed by atoms with van der Waals surface area (Å²) in [4.78, 5) is 2.50. The number of aromatic nitrogens is 3. The zero-order chi connectivity index (χ0) is 15.9. The topological polar surface area (TPSA) is 45.5 Å². The number of nitrogens with one attached hydrogen (secondary N) is 1. The van der Waals surface area contributed by atoms with E-state index in [1.807, 2.05) is 20.8 Å². The van der Waals surface area contributed by atoms with Gasteiger partial charge in [0.2, 0.25) is 0 Å². The van der Waals surface area contributed by atoms with Gasteiger partial charge in [-0.25, -0.2) is 0 Å². The maximum Gasteiger partial charge on any atom is 0.161 e. The molecular weight excluding hydrogens is 274 g/mol. The fraction of sp³-hybridized carbons (Fsp3) is 0.647. The van der Waals surface area contributed by atoms with Crippen LogP contribution in [0.4, 0.5) is 0 Å². The number of hydrogen-bond acceptors (Lipinski definition) is 4. The molecule has 0 spiro atoms. The molecule has 0 aliphatic carbocycles. The summed E-state index contributed by atoms with van der Waals surface area (Å²) >= 11 is 0. The Labute approximate surface area is 133 Å². The maximum atomic E-state index is 4.30. The highest BCUT2D eigenvalue weighted by Gasteiger charge is 2.13. The number of rotatable bonds is 4. The zero-order valence-electron chi connectivity index (χ0n) is 14.4. The minimum absolute atomic E-state index is 0.983. The molecule has 0 bridgehead atoms. The smallest absolute Gasteiger partial charge is 0.161 e. The van der Waals surface area contributed by atoms with Crippen LogP contribution in [0.25, 0.3) is 5.65 Å². The van der Waals surface area contributed by atoms with Crippen LogP contribution < -0.4 is 5.32 Å². The van der Waals surface area contributed by atoms with E-state index >= 15 is 0 Å².